The molecule has 1 aliphatic rings. The van der Waals surface area contributed by atoms with Crippen LogP contribution in [0.3, 0.4) is 0 Å². The van der Waals surface area contributed by atoms with E-state index >= 15 is 0 Å². The average molecular weight is 297 g/mol. The predicted molar refractivity (Wildman–Crippen MR) is 71.7 cm³/mol. The van der Waals surface area contributed by atoms with Gasteiger partial charge in [-0.1, -0.05) is 0 Å². The summed E-state index contributed by atoms with van der Waals surface area (Å²) in [6.45, 7) is 2.22. The number of sulfonamides is 1. The molecule has 0 bridgehead atoms. The summed E-state index contributed by atoms with van der Waals surface area (Å²) in [5.41, 5.74) is 5.57. The van der Waals surface area contributed by atoms with Gasteiger partial charge in [-0.2, -0.15) is 0 Å². The Morgan fingerprint density at radius 1 is 1.40 bits per heavy atom. The minimum Gasteiger partial charge on any atom is -0.351 e. The van der Waals surface area contributed by atoms with Gasteiger partial charge in [0.1, 0.15) is 4.90 Å². The van der Waals surface area contributed by atoms with Crippen LogP contribution >= 0.6 is 0 Å². The molecule has 1 aromatic rings. The van der Waals surface area contributed by atoms with Crippen LogP contribution in [0.4, 0.5) is 0 Å². The van der Waals surface area contributed by atoms with Crippen molar-refractivity contribution in [1.82, 2.24) is 9.62 Å². The lowest BCUT2D eigenvalue weighted by atomic mass is 10.1. The Balaban J connectivity index is 2.44. The minimum absolute atomic E-state index is 0.0601. The van der Waals surface area contributed by atoms with Gasteiger partial charge in [-0.05, 0) is 25.1 Å². The molecule has 0 atom stereocenters. The van der Waals surface area contributed by atoms with Crippen molar-refractivity contribution < 1.29 is 18.0 Å². The molecule has 2 amide bonds. The van der Waals surface area contributed by atoms with E-state index in [9.17, 15) is 18.0 Å². The van der Waals surface area contributed by atoms with Gasteiger partial charge in [0.15, 0.2) is 0 Å². The van der Waals surface area contributed by atoms with Crippen LogP contribution in [0.15, 0.2) is 23.1 Å². The SMILES string of the molecule is CCN1C(=O)c2ccc(C(=O)NCCN)cc2S1(=O)=O. The van der Waals surface area contributed by atoms with Crippen molar-refractivity contribution in [2.45, 2.75) is 11.8 Å². The molecule has 1 aliphatic heterocycles. The van der Waals surface area contributed by atoms with Crippen LogP contribution in [-0.2, 0) is 10.0 Å². The lowest BCUT2D eigenvalue weighted by Gasteiger charge is -2.11. The van der Waals surface area contributed by atoms with E-state index in [0.29, 0.717) is 6.54 Å². The first kappa shape index (κ1) is 14.5. The minimum atomic E-state index is -3.84. The highest BCUT2D eigenvalue weighted by Crippen LogP contribution is 2.30. The summed E-state index contributed by atoms with van der Waals surface area (Å²) in [6.07, 6.45) is 0. The molecular weight excluding hydrogens is 282 g/mol. The van der Waals surface area contributed by atoms with Crippen molar-refractivity contribution in [2.24, 2.45) is 5.73 Å². The van der Waals surface area contributed by atoms with Gasteiger partial charge in [0, 0.05) is 25.2 Å². The number of nitrogens with one attached hydrogen (secondary N) is 1. The molecule has 0 spiro atoms. The van der Waals surface area contributed by atoms with E-state index in [2.05, 4.69) is 5.32 Å². The molecule has 7 nitrogen and oxygen atoms in total. The van der Waals surface area contributed by atoms with Crippen LogP contribution in [0, 0.1) is 0 Å². The second-order valence-corrected chi connectivity index (χ2v) is 6.06. The predicted octanol–water partition coefficient (Wildman–Crippen LogP) is -0.460. The summed E-state index contributed by atoms with van der Waals surface area (Å²) in [7, 11) is -3.84. The Morgan fingerprint density at radius 2 is 2.10 bits per heavy atom. The fourth-order valence-electron chi connectivity index (χ4n) is 2.02. The number of hydrogen-bond donors (Lipinski definition) is 2. The van der Waals surface area contributed by atoms with Crippen LogP contribution in [0.25, 0.3) is 0 Å². The van der Waals surface area contributed by atoms with Crippen molar-refractivity contribution in [3.8, 4) is 0 Å². The van der Waals surface area contributed by atoms with E-state index in [1.807, 2.05) is 0 Å². The molecule has 1 aromatic carbocycles. The van der Waals surface area contributed by atoms with Gasteiger partial charge in [-0.25, -0.2) is 12.7 Å². The topological polar surface area (TPSA) is 110 Å². The fourth-order valence-corrected chi connectivity index (χ4v) is 3.62. The number of benzene rings is 1. The van der Waals surface area contributed by atoms with E-state index in [-0.39, 0.29) is 29.1 Å². The number of amides is 2. The standard InChI is InChI=1S/C12H15N3O4S/c1-2-15-12(17)9-4-3-8(11(16)14-6-5-13)7-10(9)20(15,18)19/h3-4,7H,2,5-6,13H2,1H3,(H,14,16). The molecule has 3 N–H and O–H groups in total. The number of hydrogen-bond acceptors (Lipinski definition) is 5. The molecule has 1 heterocycles. The molecule has 0 radical (unpaired) electrons. The van der Waals surface area contributed by atoms with E-state index in [1.54, 1.807) is 6.92 Å². The second kappa shape index (κ2) is 5.22. The maximum Gasteiger partial charge on any atom is 0.268 e. The lowest BCUT2D eigenvalue weighted by molar-refractivity contribution is 0.0874. The molecule has 0 aromatic heterocycles. The number of nitrogens with two attached hydrogens (primary N) is 1. The van der Waals surface area contributed by atoms with Crippen LogP contribution in [0.2, 0.25) is 0 Å². The zero-order chi connectivity index (χ0) is 14.9. The summed E-state index contributed by atoms with van der Waals surface area (Å²) < 4.78 is 25.1. The van der Waals surface area contributed by atoms with E-state index in [1.165, 1.54) is 18.2 Å². The number of carbonyl (C=O) groups excluding carboxylic acids is 2. The van der Waals surface area contributed by atoms with Crippen molar-refractivity contribution in [3.63, 3.8) is 0 Å². The normalized spacial score (nSPS) is 16.1. The van der Waals surface area contributed by atoms with Crippen molar-refractivity contribution in [3.05, 3.63) is 29.3 Å². The van der Waals surface area contributed by atoms with Crippen LogP contribution in [-0.4, -0.2) is 44.2 Å². The number of fused-ring (bicyclic) bond motifs is 1. The summed E-state index contributed by atoms with van der Waals surface area (Å²) >= 11 is 0. The third-order valence-corrected chi connectivity index (χ3v) is 4.88. The highest BCUT2D eigenvalue weighted by atomic mass is 32.2. The number of nitrogens with zero attached hydrogens (tertiary/aromatic N) is 1. The van der Waals surface area contributed by atoms with Gasteiger partial charge in [-0.3, -0.25) is 9.59 Å². The maximum absolute atomic E-state index is 12.2. The first-order valence-corrected chi connectivity index (χ1v) is 7.57. The molecule has 108 valence electrons. The largest absolute Gasteiger partial charge is 0.351 e. The molecular formula is C12H15N3O4S. The summed E-state index contributed by atoms with van der Waals surface area (Å²) in [4.78, 5) is 23.6. The average Bonchev–Trinajstić information content (AvgIpc) is 2.62. The Labute approximate surface area is 116 Å². The molecule has 0 aliphatic carbocycles. The number of rotatable bonds is 4. The smallest absolute Gasteiger partial charge is 0.268 e. The van der Waals surface area contributed by atoms with Gasteiger partial charge in [0.2, 0.25) is 0 Å². The molecule has 0 saturated heterocycles. The van der Waals surface area contributed by atoms with Gasteiger partial charge in [0.25, 0.3) is 21.8 Å². The lowest BCUT2D eigenvalue weighted by Crippen LogP contribution is -2.29. The Morgan fingerprint density at radius 3 is 2.70 bits per heavy atom. The molecule has 20 heavy (non-hydrogen) atoms. The monoisotopic (exact) mass is 297 g/mol. The Hall–Kier alpha value is -1.93. The Kier molecular flexibility index (Phi) is 3.78. The number of carbonyl (C=O) groups is 2. The quantitative estimate of drug-likeness (QED) is 0.781. The summed E-state index contributed by atoms with van der Waals surface area (Å²) in [6, 6.07) is 4.02. The van der Waals surface area contributed by atoms with E-state index in [4.69, 9.17) is 5.73 Å². The fraction of sp³-hybridized carbons (Fsp3) is 0.333. The molecule has 0 unspecified atom stereocenters. The van der Waals surface area contributed by atoms with Crippen LogP contribution in [0.5, 0.6) is 0 Å². The highest BCUT2D eigenvalue weighted by molar-refractivity contribution is 7.90. The first-order chi connectivity index (χ1) is 9.43. The van der Waals surface area contributed by atoms with Gasteiger partial charge >= 0.3 is 0 Å². The van der Waals surface area contributed by atoms with Crippen molar-refractivity contribution in [1.29, 1.82) is 0 Å². The van der Waals surface area contributed by atoms with Crippen molar-refractivity contribution in [2.75, 3.05) is 19.6 Å². The van der Waals surface area contributed by atoms with Gasteiger partial charge < -0.3 is 11.1 Å². The summed E-state index contributed by atoms with van der Waals surface area (Å²) in [5, 5.41) is 2.55. The zero-order valence-electron chi connectivity index (χ0n) is 10.9. The van der Waals surface area contributed by atoms with Crippen LogP contribution in [0.1, 0.15) is 27.6 Å². The zero-order valence-corrected chi connectivity index (χ0v) is 11.7. The van der Waals surface area contributed by atoms with Crippen LogP contribution < -0.4 is 11.1 Å². The second-order valence-electron chi connectivity index (χ2n) is 4.23. The molecule has 2 rings (SSSR count). The highest BCUT2D eigenvalue weighted by Gasteiger charge is 2.40. The molecule has 0 fully saturated rings. The maximum atomic E-state index is 12.2. The van der Waals surface area contributed by atoms with Crippen molar-refractivity contribution >= 4 is 21.8 Å². The third kappa shape index (κ3) is 2.16. The molecule has 8 heteroatoms. The van der Waals surface area contributed by atoms with E-state index < -0.39 is 21.8 Å². The van der Waals surface area contributed by atoms with Gasteiger partial charge in [-0.15, -0.1) is 0 Å². The Bertz CT molecular complexity index is 669. The van der Waals surface area contributed by atoms with Gasteiger partial charge in [0.05, 0.1) is 5.56 Å². The molecule has 0 saturated carbocycles. The first-order valence-electron chi connectivity index (χ1n) is 6.13. The van der Waals surface area contributed by atoms with E-state index in [0.717, 1.165) is 4.31 Å². The summed E-state index contributed by atoms with van der Waals surface area (Å²) in [5.74, 6) is -0.979. The third-order valence-electron chi connectivity index (χ3n) is 2.99.